The molecule has 118 valence electrons. The quantitative estimate of drug-likeness (QED) is 0.923. The van der Waals surface area contributed by atoms with Gasteiger partial charge in [-0.2, -0.15) is 0 Å². The lowest BCUT2D eigenvalue weighted by Crippen LogP contribution is -2.57. The molecule has 1 aliphatic heterocycles. The van der Waals surface area contributed by atoms with Crippen molar-refractivity contribution < 1.29 is 4.39 Å². The van der Waals surface area contributed by atoms with Crippen molar-refractivity contribution in [1.29, 1.82) is 0 Å². The molecule has 4 heteroatoms. The first kappa shape index (κ1) is 16.4. The van der Waals surface area contributed by atoms with Crippen LogP contribution < -0.4 is 5.73 Å². The molecule has 0 aromatic heterocycles. The number of benzene rings is 1. The monoisotopic (exact) mass is 293 g/mol. The minimum atomic E-state index is -0.171. The van der Waals surface area contributed by atoms with Gasteiger partial charge in [0, 0.05) is 31.2 Å². The Morgan fingerprint density at radius 3 is 2.81 bits per heavy atom. The molecular formula is C17H28FN3. The molecule has 2 unspecified atom stereocenters. The van der Waals surface area contributed by atoms with Crippen molar-refractivity contribution in [3.63, 3.8) is 0 Å². The van der Waals surface area contributed by atoms with Crippen LogP contribution in [0.15, 0.2) is 24.3 Å². The van der Waals surface area contributed by atoms with Crippen LogP contribution in [0.25, 0.3) is 0 Å². The largest absolute Gasteiger partial charge is 0.329 e. The Hall–Kier alpha value is -0.970. The highest BCUT2D eigenvalue weighted by molar-refractivity contribution is 5.19. The fraction of sp³-hybridized carbons (Fsp3) is 0.647. The van der Waals surface area contributed by atoms with Crippen molar-refractivity contribution >= 4 is 0 Å². The van der Waals surface area contributed by atoms with E-state index in [4.69, 9.17) is 5.73 Å². The SMILES string of the molecule is CC1CN(C)CCCN1C(C)(CN)Cc1cccc(F)c1. The maximum atomic E-state index is 13.4. The molecule has 1 fully saturated rings. The lowest BCUT2D eigenvalue weighted by molar-refractivity contribution is 0.0703. The van der Waals surface area contributed by atoms with E-state index < -0.39 is 0 Å². The van der Waals surface area contributed by atoms with Crippen LogP contribution >= 0.6 is 0 Å². The Morgan fingerprint density at radius 2 is 2.14 bits per heavy atom. The summed E-state index contributed by atoms with van der Waals surface area (Å²) in [5.74, 6) is -0.171. The number of likely N-dealkylation sites (N-methyl/N-ethyl adjacent to an activating group) is 1. The predicted octanol–water partition coefficient (Wildman–Crippen LogP) is 2.11. The smallest absolute Gasteiger partial charge is 0.123 e. The van der Waals surface area contributed by atoms with Crippen LogP contribution in [-0.2, 0) is 6.42 Å². The normalized spacial score (nSPS) is 24.5. The average molecular weight is 293 g/mol. The fourth-order valence-electron chi connectivity index (χ4n) is 3.55. The molecule has 2 N–H and O–H groups in total. The van der Waals surface area contributed by atoms with Gasteiger partial charge in [0.15, 0.2) is 0 Å². The molecule has 0 bridgehead atoms. The zero-order valence-electron chi connectivity index (χ0n) is 13.5. The van der Waals surface area contributed by atoms with Gasteiger partial charge < -0.3 is 10.6 Å². The van der Waals surface area contributed by atoms with Crippen molar-refractivity contribution in [3.8, 4) is 0 Å². The molecular weight excluding hydrogens is 265 g/mol. The van der Waals surface area contributed by atoms with Crippen LogP contribution in [0, 0.1) is 5.82 Å². The van der Waals surface area contributed by atoms with E-state index in [1.807, 2.05) is 6.07 Å². The number of rotatable bonds is 4. The van der Waals surface area contributed by atoms with E-state index in [0.717, 1.165) is 38.0 Å². The van der Waals surface area contributed by atoms with Gasteiger partial charge >= 0.3 is 0 Å². The Balaban J connectivity index is 2.19. The van der Waals surface area contributed by atoms with Crippen LogP contribution in [0.2, 0.25) is 0 Å². The number of halogens is 1. The summed E-state index contributed by atoms with van der Waals surface area (Å²) in [6, 6.07) is 7.35. The second kappa shape index (κ2) is 6.86. The molecule has 0 radical (unpaired) electrons. The molecule has 2 rings (SSSR count). The van der Waals surface area contributed by atoms with Crippen LogP contribution in [0.1, 0.15) is 25.8 Å². The molecule has 1 aromatic rings. The molecule has 1 heterocycles. The fourth-order valence-corrected chi connectivity index (χ4v) is 3.55. The maximum absolute atomic E-state index is 13.4. The van der Waals surface area contributed by atoms with Crippen molar-refractivity contribution in [3.05, 3.63) is 35.6 Å². The van der Waals surface area contributed by atoms with Crippen molar-refractivity contribution in [1.82, 2.24) is 9.80 Å². The average Bonchev–Trinajstić information content (AvgIpc) is 2.59. The molecule has 1 aromatic carbocycles. The highest BCUT2D eigenvalue weighted by Crippen LogP contribution is 2.25. The number of nitrogens with zero attached hydrogens (tertiary/aromatic N) is 2. The molecule has 0 amide bonds. The molecule has 0 spiro atoms. The van der Waals surface area contributed by atoms with Crippen LogP contribution in [-0.4, -0.2) is 54.6 Å². The Bertz CT molecular complexity index is 465. The van der Waals surface area contributed by atoms with Gasteiger partial charge in [0.25, 0.3) is 0 Å². The lowest BCUT2D eigenvalue weighted by Gasteiger charge is -2.44. The van der Waals surface area contributed by atoms with Gasteiger partial charge in [-0.1, -0.05) is 12.1 Å². The molecule has 1 saturated heterocycles. The Kier molecular flexibility index (Phi) is 5.36. The van der Waals surface area contributed by atoms with E-state index in [9.17, 15) is 4.39 Å². The third kappa shape index (κ3) is 4.02. The summed E-state index contributed by atoms with van der Waals surface area (Å²) < 4.78 is 13.4. The lowest BCUT2D eigenvalue weighted by atomic mass is 9.89. The topological polar surface area (TPSA) is 32.5 Å². The van der Waals surface area contributed by atoms with Gasteiger partial charge in [0.2, 0.25) is 0 Å². The minimum absolute atomic E-state index is 0.127. The van der Waals surface area contributed by atoms with E-state index in [-0.39, 0.29) is 11.4 Å². The highest BCUT2D eigenvalue weighted by Gasteiger charge is 2.35. The first-order valence-electron chi connectivity index (χ1n) is 7.84. The zero-order valence-corrected chi connectivity index (χ0v) is 13.5. The summed E-state index contributed by atoms with van der Waals surface area (Å²) in [6.07, 6.45) is 1.94. The van der Waals surface area contributed by atoms with Gasteiger partial charge in [-0.15, -0.1) is 0 Å². The Morgan fingerprint density at radius 1 is 1.38 bits per heavy atom. The molecule has 0 aliphatic carbocycles. The van der Waals surface area contributed by atoms with Crippen LogP contribution in [0.4, 0.5) is 4.39 Å². The maximum Gasteiger partial charge on any atom is 0.123 e. The van der Waals surface area contributed by atoms with Gasteiger partial charge in [-0.05, 0) is 58.0 Å². The first-order valence-corrected chi connectivity index (χ1v) is 7.84. The molecule has 21 heavy (non-hydrogen) atoms. The molecule has 3 nitrogen and oxygen atoms in total. The summed E-state index contributed by atoms with van der Waals surface area (Å²) in [5, 5.41) is 0. The number of hydrogen-bond donors (Lipinski definition) is 1. The highest BCUT2D eigenvalue weighted by atomic mass is 19.1. The number of nitrogens with two attached hydrogens (primary N) is 1. The summed E-state index contributed by atoms with van der Waals surface area (Å²) >= 11 is 0. The van der Waals surface area contributed by atoms with E-state index in [2.05, 4.69) is 30.7 Å². The van der Waals surface area contributed by atoms with E-state index in [1.54, 1.807) is 12.1 Å². The van der Waals surface area contributed by atoms with E-state index in [1.165, 1.54) is 6.07 Å². The van der Waals surface area contributed by atoms with E-state index in [0.29, 0.717) is 12.6 Å². The van der Waals surface area contributed by atoms with Crippen LogP contribution in [0.3, 0.4) is 0 Å². The predicted molar refractivity (Wildman–Crippen MR) is 85.8 cm³/mol. The van der Waals surface area contributed by atoms with Crippen molar-refractivity contribution in [2.24, 2.45) is 5.73 Å². The third-order valence-corrected chi connectivity index (χ3v) is 4.65. The molecule has 1 aliphatic rings. The summed E-state index contributed by atoms with van der Waals surface area (Å²) in [4.78, 5) is 4.89. The number of hydrogen-bond acceptors (Lipinski definition) is 3. The summed E-state index contributed by atoms with van der Waals surface area (Å²) in [6.45, 7) is 8.29. The summed E-state index contributed by atoms with van der Waals surface area (Å²) in [5.41, 5.74) is 7.02. The van der Waals surface area contributed by atoms with Crippen molar-refractivity contribution in [2.75, 3.05) is 33.2 Å². The third-order valence-electron chi connectivity index (χ3n) is 4.65. The van der Waals surface area contributed by atoms with Crippen LogP contribution in [0.5, 0.6) is 0 Å². The Labute approximate surface area is 127 Å². The molecule has 2 atom stereocenters. The molecule has 0 saturated carbocycles. The minimum Gasteiger partial charge on any atom is -0.329 e. The van der Waals surface area contributed by atoms with Gasteiger partial charge in [-0.25, -0.2) is 4.39 Å². The van der Waals surface area contributed by atoms with Crippen molar-refractivity contribution in [2.45, 2.75) is 38.3 Å². The zero-order chi connectivity index (χ0) is 15.5. The summed E-state index contributed by atoms with van der Waals surface area (Å²) in [7, 11) is 2.17. The second-order valence-electron chi connectivity index (χ2n) is 6.67. The van der Waals surface area contributed by atoms with Gasteiger partial charge in [0.1, 0.15) is 5.82 Å². The first-order chi connectivity index (χ1) is 9.94. The standard InChI is InChI=1S/C17H28FN3/c1-14-12-20(3)8-5-9-21(14)17(2,13-19)11-15-6-4-7-16(18)10-15/h4,6-7,10,14H,5,8-9,11-13,19H2,1-3H3. The second-order valence-corrected chi connectivity index (χ2v) is 6.67. The van der Waals surface area contributed by atoms with Gasteiger partial charge in [0.05, 0.1) is 0 Å². The van der Waals surface area contributed by atoms with E-state index >= 15 is 0 Å². The van der Waals surface area contributed by atoms with Gasteiger partial charge in [-0.3, -0.25) is 4.90 Å².